The molecule has 0 radical (unpaired) electrons. The fraction of sp³-hybridized carbons (Fsp3) is 0.759. The SMILES string of the molecule is C=CCCOC(=O)[C@@H]1[C@@H]2CC(C)C3(S2)C(C(=O)N(CC=C)C(C)(C)CC(C)(C)C)N([C@H](C)CO)C(=O)[C@H]13. The highest BCUT2D eigenvalue weighted by Gasteiger charge is 2.77. The minimum Gasteiger partial charge on any atom is -0.465 e. The number of fused-ring (bicyclic) bond motifs is 1. The third-order valence-electron chi connectivity index (χ3n) is 8.27. The topological polar surface area (TPSA) is 87.2 Å². The lowest BCUT2D eigenvalue weighted by atomic mass is 9.66. The first kappa shape index (κ1) is 29.8. The number of hydrogen-bond donors (Lipinski definition) is 1. The van der Waals surface area contributed by atoms with Crippen LogP contribution in [-0.2, 0) is 19.1 Å². The molecule has 3 aliphatic heterocycles. The Bertz CT molecular complexity index is 928. The van der Waals surface area contributed by atoms with Crippen LogP contribution < -0.4 is 0 Å². The van der Waals surface area contributed by atoms with Crippen LogP contribution in [0.2, 0.25) is 0 Å². The van der Waals surface area contributed by atoms with Crippen LogP contribution in [0, 0.1) is 23.2 Å². The maximum absolute atomic E-state index is 14.7. The average molecular weight is 535 g/mol. The summed E-state index contributed by atoms with van der Waals surface area (Å²) in [6.45, 7) is 22.4. The van der Waals surface area contributed by atoms with E-state index in [0.717, 1.165) is 12.8 Å². The molecule has 0 aromatic heterocycles. The van der Waals surface area contributed by atoms with Crippen molar-refractivity contribution in [1.29, 1.82) is 0 Å². The normalized spacial score (nSPS) is 31.7. The molecular weight excluding hydrogens is 488 g/mol. The number of likely N-dealkylation sites (tertiary alicyclic amines) is 1. The Labute approximate surface area is 227 Å². The van der Waals surface area contributed by atoms with E-state index in [1.807, 2.05) is 4.90 Å². The zero-order valence-electron chi connectivity index (χ0n) is 23.7. The third kappa shape index (κ3) is 5.12. The van der Waals surface area contributed by atoms with Crippen molar-refractivity contribution in [3.63, 3.8) is 0 Å². The third-order valence-corrected chi connectivity index (χ3v) is 10.3. The second-order valence-electron chi connectivity index (χ2n) is 12.9. The zero-order chi connectivity index (χ0) is 27.9. The number of ether oxygens (including phenoxy) is 1. The van der Waals surface area contributed by atoms with Crippen LogP contribution >= 0.6 is 11.8 Å². The predicted octanol–water partition coefficient (Wildman–Crippen LogP) is 4.05. The molecule has 8 heteroatoms. The van der Waals surface area contributed by atoms with Gasteiger partial charge in [-0.05, 0) is 51.4 Å². The molecule has 0 aromatic carbocycles. The summed E-state index contributed by atoms with van der Waals surface area (Å²) in [5.41, 5.74) is -0.523. The minimum atomic E-state index is -0.776. The van der Waals surface area contributed by atoms with E-state index < -0.39 is 34.2 Å². The summed E-state index contributed by atoms with van der Waals surface area (Å²) < 4.78 is 4.82. The van der Waals surface area contributed by atoms with Crippen molar-refractivity contribution in [3.8, 4) is 0 Å². The van der Waals surface area contributed by atoms with Gasteiger partial charge >= 0.3 is 5.97 Å². The van der Waals surface area contributed by atoms with Crippen LogP contribution in [0.15, 0.2) is 25.3 Å². The maximum Gasteiger partial charge on any atom is 0.310 e. The van der Waals surface area contributed by atoms with Gasteiger partial charge in [-0.1, -0.05) is 39.8 Å². The number of amides is 2. The molecular formula is C29H46N2O5S. The number of carbonyl (C=O) groups excluding carboxylic acids is 3. The molecule has 1 spiro atoms. The fourth-order valence-electron chi connectivity index (χ4n) is 7.21. The van der Waals surface area contributed by atoms with Crippen molar-refractivity contribution in [2.45, 2.75) is 95.3 Å². The number of aliphatic hydroxyl groups is 1. The Hall–Kier alpha value is -1.80. The summed E-state index contributed by atoms with van der Waals surface area (Å²) in [5.74, 6) is -1.92. The Morgan fingerprint density at radius 3 is 2.46 bits per heavy atom. The average Bonchev–Trinajstić information content (AvgIpc) is 3.38. The highest BCUT2D eigenvalue weighted by atomic mass is 32.2. The standard InChI is InChI=1S/C29H46N2O5S/c1-10-12-14-36-26(35)21-20-15-18(3)29(37-20)22(21)24(33)31(19(4)16-32)23(29)25(34)30(13-11-2)28(8,9)17-27(5,6)7/h10-11,18-23,32H,1-2,12-17H2,3-9H3/t18?,19-,20+,21-,22+,23?,29?/m1/s1. The van der Waals surface area contributed by atoms with Crippen molar-refractivity contribution < 1.29 is 24.2 Å². The van der Waals surface area contributed by atoms with Crippen LogP contribution in [0.5, 0.6) is 0 Å². The maximum atomic E-state index is 14.7. The molecule has 37 heavy (non-hydrogen) atoms. The number of esters is 1. The number of thioether (sulfide) groups is 1. The van der Waals surface area contributed by atoms with Gasteiger partial charge in [0.2, 0.25) is 11.8 Å². The van der Waals surface area contributed by atoms with E-state index >= 15 is 0 Å². The van der Waals surface area contributed by atoms with Gasteiger partial charge in [-0.25, -0.2) is 0 Å². The fourth-order valence-corrected chi connectivity index (χ4v) is 9.60. The van der Waals surface area contributed by atoms with Gasteiger partial charge in [-0.15, -0.1) is 24.9 Å². The Balaban J connectivity index is 2.09. The number of nitrogens with zero attached hydrogens (tertiary/aromatic N) is 2. The second kappa shape index (κ2) is 10.8. The number of hydrogen-bond acceptors (Lipinski definition) is 6. The highest BCUT2D eigenvalue weighted by molar-refractivity contribution is 8.02. The summed E-state index contributed by atoms with van der Waals surface area (Å²) in [7, 11) is 0. The second-order valence-corrected chi connectivity index (χ2v) is 14.4. The van der Waals surface area contributed by atoms with Gasteiger partial charge < -0.3 is 19.6 Å². The Morgan fingerprint density at radius 2 is 1.92 bits per heavy atom. The molecule has 0 saturated carbocycles. The van der Waals surface area contributed by atoms with Crippen LogP contribution in [0.1, 0.15) is 67.7 Å². The number of aliphatic hydroxyl groups excluding tert-OH is 1. The van der Waals surface area contributed by atoms with E-state index in [1.54, 1.807) is 35.7 Å². The first-order chi connectivity index (χ1) is 17.2. The molecule has 3 heterocycles. The molecule has 3 saturated heterocycles. The lowest BCUT2D eigenvalue weighted by molar-refractivity contribution is -0.154. The van der Waals surface area contributed by atoms with E-state index in [0.29, 0.717) is 13.0 Å². The van der Waals surface area contributed by atoms with E-state index in [9.17, 15) is 19.5 Å². The van der Waals surface area contributed by atoms with Crippen molar-refractivity contribution in [1.82, 2.24) is 9.80 Å². The van der Waals surface area contributed by atoms with Crippen molar-refractivity contribution in [3.05, 3.63) is 25.3 Å². The van der Waals surface area contributed by atoms with Crippen LogP contribution in [0.25, 0.3) is 0 Å². The van der Waals surface area contributed by atoms with Crippen LogP contribution in [-0.4, -0.2) is 80.1 Å². The van der Waals surface area contributed by atoms with Crippen LogP contribution in [0.4, 0.5) is 0 Å². The summed E-state index contributed by atoms with van der Waals surface area (Å²) in [6, 6.07) is -1.33. The molecule has 0 aromatic rings. The number of rotatable bonds is 11. The smallest absolute Gasteiger partial charge is 0.310 e. The zero-order valence-corrected chi connectivity index (χ0v) is 24.5. The van der Waals surface area contributed by atoms with E-state index in [4.69, 9.17) is 4.74 Å². The van der Waals surface area contributed by atoms with Crippen molar-refractivity contribution >= 4 is 29.5 Å². The highest BCUT2D eigenvalue weighted by Crippen LogP contribution is 2.69. The van der Waals surface area contributed by atoms with Crippen LogP contribution in [0.3, 0.4) is 0 Å². The largest absolute Gasteiger partial charge is 0.465 e. The summed E-state index contributed by atoms with van der Waals surface area (Å²) in [5, 5.41) is 10.1. The molecule has 0 aliphatic carbocycles. The molecule has 208 valence electrons. The van der Waals surface area contributed by atoms with Gasteiger partial charge in [0.05, 0.1) is 35.8 Å². The van der Waals surface area contributed by atoms with Gasteiger partial charge in [-0.2, -0.15) is 0 Å². The molecule has 3 unspecified atom stereocenters. The lowest BCUT2D eigenvalue weighted by Gasteiger charge is -2.47. The monoisotopic (exact) mass is 534 g/mol. The lowest BCUT2D eigenvalue weighted by Crippen LogP contribution is -2.62. The molecule has 2 amide bonds. The minimum absolute atomic E-state index is 0.0261. The first-order valence-corrected chi connectivity index (χ1v) is 14.4. The molecule has 2 bridgehead atoms. The molecule has 1 N–H and O–H groups in total. The van der Waals surface area contributed by atoms with Crippen molar-refractivity contribution in [2.75, 3.05) is 19.8 Å². The van der Waals surface area contributed by atoms with Crippen molar-refractivity contribution in [2.24, 2.45) is 23.2 Å². The van der Waals surface area contributed by atoms with Gasteiger partial charge in [0.1, 0.15) is 6.04 Å². The Morgan fingerprint density at radius 1 is 1.27 bits per heavy atom. The van der Waals surface area contributed by atoms with Gasteiger partial charge in [-0.3, -0.25) is 14.4 Å². The predicted molar refractivity (Wildman–Crippen MR) is 148 cm³/mol. The quantitative estimate of drug-likeness (QED) is 0.244. The first-order valence-electron chi connectivity index (χ1n) is 13.5. The molecule has 3 rings (SSSR count). The summed E-state index contributed by atoms with van der Waals surface area (Å²) in [6.07, 6.45) is 5.48. The van der Waals surface area contributed by atoms with E-state index in [2.05, 4.69) is 54.7 Å². The molecule has 7 nitrogen and oxygen atoms in total. The Kier molecular flexibility index (Phi) is 8.65. The van der Waals surface area contributed by atoms with Gasteiger partial charge in [0.25, 0.3) is 0 Å². The van der Waals surface area contributed by atoms with Gasteiger partial charge in [0.15, 0.2) is 0 Å². The molecule has 7 atom stereocenters. The molecule has 3 fully saturated rings. The van der Waals surface area contributed by atoms with Gasteiger partial charge in [0, 0.05) is 17.3 Å². The number of carbonyl (C=O) groups is 3. The summed E-state index contributed by atoms with van der Waals surface area (Å²) in [4.78, 5) is 45.5. The summed E-state index contributed by atoms with van der Waals surface area (Å²) >= 11 is 1.63. The van der Waals surface area contributed by atoms with E-state index in [1.165, 1.54) is 0 Å². The van der Waals surface area contributed by atoms with E-state index in [-0.39, 0.29) is 47.6 Å². The molecule has 3 aliphatic rings.